The zero-order chi connectivity index (χ0) is 15.6. The van der Waals surface area contributed by atoms with Crippen molar-refractivity contribution < 1.29 is 9.47 Å². The van der Waals surface area contributed by atoms with E-state index in [1.807, 2.05) is 6.20 Å². The van der Waals surface area contributed by atoms with Crippen molar-refractivity contribution in [3.05, 3.63) is 16.1 Å². The third kappa shape index (κ3) is 8.27. The van der Waals surface area contributed by atoms with E-state index in [1.165, 1.54) is 4.88 Å². The van der Waals surface area contributed by atoms with Gasteiger partial charge in [0.15, 0.2) is 5.96 Å². The number of rotatable bonds is 8. The number of hydrogen-bond donors (Lipinski definition) is 2. The molecule has 0 aliphatic carbocycles. The fourth-order valence-electron chi connectivity index (χ4n) is 2.20. The Hall–Kier alpha value is -0.450. The molecule has 1 aliphatic rings. The van der Waals surface area contributed by atoms with Gasteiger partial charge in [-0.05, 0) is 19.8 Å². The minimum absolute atomic E-state index is 0. The second kappa shape index (κ2) is 12.0. The molecule has 0 aromatic carbocycles. The first-order valence-corrected chi connectivity index (χ1v) is 8.64. The van der Waals surface area contributed by atoms with Crippen molar-refractivity contribution in [2.75, 3.05) is 40.0 Å². The van der Waals surface area contributed by atoms with E-state index in [0.717, 1.165) is 63.1 Å². The Bertz CT molecular complexity index is 464. The van der Waals surface area contributed by atoms with Gasteiger partial charge in [-0.2, -0.15) is 0 Å². The first-order chi connectivity index (χ1) is 10.8. The predicted octanol–water partition coefficient (Wildman–Crippen LogP) is 1.97. The number of aliphatic imine (C=N–C) groups is 1. The summed E-state index contributed by atoms with van der Waals surface area (Å²) >= 11 is 1.75. The third-order valence-corrected chi connectivity index (χ3v) is 4.35. The predicted molar refractivity (Wildman–Crippen MR) is 105 cm³/mol. The van der Waals surface area contributed by atoms with Gasteiger partial charge in [-0.25, -0.2) is 4.98 Å². The molecule has 1 atom stereocenters. The summed E-state index contributed by atoms with van der Waals surface area (Å²) in [7, 11) is 1.79. The van der Waals surface area contributed by atoms with E-state index in [4.69, 9.17) is 9.47 Å². The van der Waals surface area contributed by atoms with Crippen LogP contribution >= 0.6 is 35.3 Å². The Morgan fingerprint density at radius 3 is 2.96 bits per heavy atom. The fourth-order valence-corrected chi connectivity index (χ4v) is 2.99. The maximum atomic E-state index is 5.73. The molecule has 8 heteroatoms. The molecule has 1 fully saturated rings. The Labute approximate surface area is 159 Å². The lowest BCUT2D eigenvalue weighted by Crippen LogP contribution is -2.39. The van der Waals surface area contributed by atoms with Crippen LogP contribution in [0.15, 0.2) is 11.2 Å². The molecule has 1 aromatic rings. The lowest BCUT2D eigenvalue weighted by atomic mass is 10.3. The molecule has 0 saturated carbocycles. The Morgan fingerprint density at radius 2 is 2.30 bits per heavy atom. The molecule has 1 aromatic heterocycles. The molecule has 1 saturated heterocycles. The molecule has 23 heavy (non-hydrogen) atoms. The number of guanidine groups is 1. The number of hydrogen-bond acceptors (Lipinski definition) is 5. The van der Waals surface area contributed by atoms with E-state index in [0.29, 0.717) is 6.10 Å². The Balaban J connectivity index is 0.00000264. The highest BCUT2D eigenvalue weighted by atomic mass is 127. The van der Waals surface area contributed by atoms with E-state index < -0.39 is 0 Å². The summed E-state index contributed by atoms with van der Waals surface area (Å²) in [4.78, 5) is 9.83. The summed E-state index contributed by atoms with van der Waals surface area (Å²) in [5.41, 5.74) is 0. The lowest BCUT2D eigenvalue weighted by molar-refractivity contribution is 0.0420. The molecular formula is C15H27IN4O2S. The molecule has 2 rings (SSSR count). The third-order valence-electron chi connectivity index (χ3n) is 3.38. The van der Waals surface area contributed by atoms with Crippen LogP contribution in [-0.4, -0.2) is 57.0 Å². The number of ether oxygens (including phenoxy) is 2. The van der Waals surface area contributed by atoms with Crippen LogP contribution < -0.4 is 10.6 Å². The van der Waals surface area contributed by atoms with Crippen LogP contribution in [0.4, 0.5) is 0 Å². The van der Waals surface area contributed by atoms with Crippen LogP contribution in [-0.2, 0) is 15.9 Å². The van der Waals surface area contributed by atoms with Gasteiger partial charge in [0, 0.05) is 50.8 Å². The lowest BCUT2D eigenvalue weighted by Gasteiger charge is -2.12. The molecule has 132 valence electrons. The molecule has 0 spiro atoms. The average Bonchev–Trinajstić information content (AvgIpc) is 3.17. The Morgan fingerprint density at radius 1 is 1.48 bits per heavy atom. The smallest absolute Gasteiger partial charge is 0.190 e. The Kier molecular flexibility index (Phi) is 10.7. The van der Waals surface area contributed by atoms with E-state index >= 15 is 0 Å². The largest absolute Gasteiger partial charge is 0.379 e. The van der Waals surface area contributed by atoms with Gasteiger partial charge in [-0.15, -0.1) is 35.3 Å². The van der Waals surface area contributed by atoms with Crippen LogP contribution in [0.1, 0.15) is 22.7 Å². The first-order valence-electron chi connectivity index (χ1n) is 7.83. The fraction of sp³-hybridized carbons (Fsp3) is 0.733. The highest BCUT2D eigenvalue weighted by molar-refractivity contribution is 14.0. The summed E-state index contributed by atoms with van der Waals surface area (Å²) in [5.74, 6) is 0.831. The van der Waals surface area contributed by atoms with E-state index in [-0.39, 0.29) is 24.0 Å². The molecule has 1 aliphatic heterocycles. The number of nitrogens with one attached hydrogen (secondary N) is 2. The second-order valence-corrected chi connectivity index (χ2v) is 6.57. The van der Waals surface area contributed by atoms with Crippen LogP contribution in [0.2, 0.25) is 0 Å². The van der Waals surface area contributed by atoms with Crippen LogP contribution in [0.25, 0.3) is 0 Å². The molecule has 2 N–H and O–H groups in total. The molecular weight excluding hydrogens is 427 g/mol. The van der Waals surface area contributed by atoms with Gasteiger partial charge in [-0.3, -0.25) is 4.99 Å². The van der Waals surface area contributed by atoms with Gasteiger partial charge >= 0.3 is 0 Å². The number of aryl methyl sites for hydroxylation is 1. The van der Waals surface area contributed by atoms with E-state index in [9.17, 15) is 0 Å². The molecule has 2 heterocycles. The highest BCUT2D eigenvalue weighted by Gasteiger charge is 2.15. The van der Waals surface area contributed by atoms with Gasteiger partial charge in [0.2, 0.25) is 0 Å². The zero-order valence-corrected chi connectivity index (χ0v) is 17.0. The standard InChI is InChI=1S/C15H26N4O2S.HI/c1-12-10-19-14(22-12)4-7-18-15(16-2)17-6-3-8-21-13-5-9-20-11-13;/h10,13H,3-9,11H2,1-2H3,(H2,16,17,18);1H. The summed E-state index contributed by atoms with van der Waals surface area (Å²) in [6.45, 7) is 6.10. The average molecular weight is 454 g/mol. The normalized spacial score (nSPS) is 17.8. The van der Waals surface area contributed by atoms with Crippen molar-refractivity contribution in [3.63, 3.8) is 0 Å². The molecule has 0 radical (unpaired) electrons. The second-order valence-electron chi connectivity index (χ2n) is 5.25. The molecule has 1 unspecified atom stereocenters. The zero-order valence-electron chi connectivity index (χ0n) is 13.8. The maximum absolute atomic E-state index is 5.73. The van der Waals surface area contributed by atoms with E-state index in [2.05, 4.69) is 27.5 Å². The minimum Gasteiger partial charge on any atom is -0.379 e. The summed E-state index contributed by atoms with van der Waals surface area (Å²) in [6.07, 6.45) is 5.11. The minimum atomic E-state index is 0. The van der Waals surface area contributed by atoms with Crippen molar-refractivity contribution in [3.8, 4) is 0 Å². The van der Waals surface area contributed by atoms with Crippen molar-refractivity contribution in [1.82, 2.24) is 15.6 Å². The van der Waals surface area contributed by atoms with Gasteiger partial charge in [-0.1, -0.05) is 0 Å². The van der Waals surface area contributed by atoms with E-state index in [1.54, 1.807) is 18.4 Å². The van der Waals surface area contributed by atoms with Gasteiger partial charge in [0.1, 0.15) is 0 Å². The van der Waals surface area contributed by atoms with Gasteiger partial charge in [0.05, 0.1) is 17.7 Å². The number of thiazole rings is 1. The van der Waals surface area contributed by atoms with Crippen molar-refractivity contribution in [2.24, 2.45) is 4.99 Å². The number of nitrogens with zero attached hydrogens (tertiary/aromatic N) is 2. The molecule has 6 nitrogen and oxygen atoms in total. The van der Waals surface area contributed by atoms with Gasteiger partial charge in [0.25, 0.3) is 0 Å². The van der Waals surface area contributed by atoms with Crippen LogP contribution in [0, 0.1) is 6.92 Å². The number of aromatic nitrogens is 1. The highest BCUT2D eigenvalue weighted by Crippen LogP contribution is 2.10. The molecule has 0 bridgehead atoms. The topological polar surface area (TPSA) is 67.8 Å². The van der Waals surface area contributed by atoms with Crippen molar-refractivity contribution in [2.45, 2.75) is 32.3 Å². The quantitative estimate of drug-likeness (QED) is 0.272. The SMILES string of the molecule is CN=C(NCCCOC1CCOC1)NCCc1ncc(C)s1.I. The first kappa shape index (κ1) is 20.6. The van der Waals surface area contributed by atoms with Crippen molar-refractivity contribution >= 4 is 41.3 Å². The molecule has 0 amide bonds. The summed E-state index contributed by atoms with van der Waals surface area (Å²) in [5, 5.41) is 7.76. The maximum Gasteiger partial charge on any atom is 0.190 e. The van der Waals surface area contributed by atoms with Crippen LogP contribution in [0.3, 0.4) is 0 Å². The summed E-state index contributed by atoms with van der Waals surface area (Å²) in [6, 6.07) is 0. The monoisotopic (exact) mass is 454 g/mol. The summed E-state index contributed by atoms with van der Waals surface area (Å²) < 4.78 is 11.0. The van der Waals surface area contributed by atoms with Crippen LogP contribution in [0.5, 0.6) is 0 Å². The number of halogens is 1. The van der Waals surface area contributed by atoms with Gasteiger partial charge < -0.3 is 20.1 Å². The van der Waals surface area contributed by atoms with Crippen molar-refractivity contribution in [1.29, 1.82) is 0 Å².